The van der Waals surface area contributed by atoms with Crippen molar-refractivity contribution >= 4 is 17.5 Å². The largest absolute Gasteiger partial charge is 0.351 e. The third kappa shape index (κ3) is 2.91. The average molecular weight is 257 g/mol. The second-order valence-corrected chi connectivity index (χ2v) is 4.52. The van der Waals surface area contributed by atoms with Crippen LogP contribution in [0.25, 0.3) is 0 Å². The van der Waals surface area contributed by atoms with Gasteiger partial charge in [0.05, 0.1) is 12.5 Å². The highest BCUT2D eigenvalue weighted by molar-refractivity contribution is 5.99. The van der Waals surface area contributed by atoms with Crippen molar-refractivity contribution in [3.05, 3.63) is 29.3 Å². The SMILES string of the molecule is CCC(C#N)C(=O)NCc1ccc2c(c1)CC(=O)N2. The van der Waals surface area contributed by atoms with E-state index in [9.17, 15) is 9.59 Å². The van der Waals surface area contributed by atoms with E-state index in [4.69, 9.17) is 5.26 Å². The van der Waals surface area contributed by atoms with E-state index in [1.807, 2.05) is 24.3 Å². The quantitative estimate of drug-likeness (QED) is 0.854. The van der Waals surface area contributed by atoms with Crippen LogP contribution < -0.4 is 10.6 Å². The third-order valence-corrected chi connectivity index (χ3v) is 3.14. The molecule has 0 aliphatic carbocycles. The van der Waals surface area contributed by atoms with Gasteiger partial charge in [-0.05, 0) is 23.6 Å². The Morgan fingerprint density at radius 3 is 3.05 bits per heavy atom. The smallest absolute Gasteiger partial charge is 0.237 e. The fourth-order valence-corrected chi connectivity index (χ4v) is 2.04. The number of amides is 2. The van der Waals surface area contributed by atoms with E-state index in [1.165, 1.54) is 0 Å². The number of anilines is 1. The molecule has 1 unspecified atom stereocenters. The molecule has 5 nitrogen and oxygen atoms in total. The highest BCUT2D eigenvalue weighted by atomic mass is 16.2. The number of fused-ring (bicyclic) bond motifs is 1. The molecular formula is C14H15N3O2. The summed E-state index contributed by atoms with van der Waals surface area (Å²) < 4.78 is 0. The number of carbonyl (C=O) groups is 2. The van der Waals surface area contributed by atoms with Crippen molar-refractivity contribution in [1.82, 2.24) is 5.32 Å². The second-order valence-electron chi connectivity index (χ2n) is 4.52. The zero-order valence-corrected chi connectivity index (χ0v) is 10.7. The van der Waals surface area contributed by atoms with Crippen molar-refractivity contribution in [3.63, 3.8) is 0 Å². The van der Waals surface area contributed by atoms with Gasteiger partial charge in [0.2, 0.25) is 11.8 Å². The van der Waals surface area contributed by atoms with E-state index in [1.54, 1.807) is 6.92 Å². The molecule has 1 heterocycles. The van der Waals surface area contributed by atoms with Crippen LogP contribution in [0.1, 0.15) is 24.5 Å². The summed E-state index contributed by atoms with van der Waals surface area (Å²) in [5, 5.41) is 14.3. The minimum absolute atomic E-state index is 0.00767. The van der Waals surface area contributed by atoms with Crippen LogP contribution in [0.15, 0.2) is 18.2 Å². The average Bonchev–Trinajstić information content (AvgIpc) is 2.77. The van der Waals surface area contributed by atoms with Crippen molar-refractivity contribution in [3.8, 4) is 6.07 Å². The van der Waals surface area contributed by atoms with E-state index in [0.717, 1.165) is 16.8 Å². The van der Waals surface area contributed by atoms with Crippen molar-refractivity contribution in [1.29, 1.82) is 5.26 Å². The molecule has 1 atom stereocenters. The Morgan fingerprint density at radius 2 is 2.37 bits per heavy atom. The van der Waals surface area contributed by atoms with Crippen LogP contribution in [-0.4, -0.2) is 11.8 Å². The first-order valence-corrected chi connectivity index (χ1v) is 6.23. The summed E-state index contributed by atoms with van der Waals surface area (Å²) in [5.41, 5.74) is 2.71. The second kappa shape index (κ2) is 5.53. The molecule has 0 saturated carbocycles. The van der Waals surface area contributed by atoms with Crippen molar-refractivity contribution in [2.45, 2.75) is 26.3 Å². The van der Waals surface area contributed by atoms with E-state index >= 15 is 0 Å². The summed E-state index contributed by atoms with van der Waals surface area (Å²) in [6.07, 6.45) is 0.887. The molecule has 0 fully saturated rings. The number of nitrogens with zero attached hydrogens (tertiary/aromatic N) is 1. The molecule has 1 aromatic carbocycles. The molecule has 0 spiro atoms. The number of hydrogen-bond donors (Lipinski definition) is 2. The maximum Gasteiger partial charge on any atom is 0.237 e. The van der Waals surface area contributed by atoms with Crippen LogP contribution in [0.2, 0.25) is 0 Å². The lowest BCUT2D eigenvalue weighted by molar-refractivity contribution is -0.123. The van der Waals surface area contributed by atoms with Crippen LogP contribution in [0.3, 0.4) is 0 Å². The van der Waals surface area contributed by atoms with E-state index in [2.05, 4.69) is 10.6 Å². The number of carbonyl (C=O) groups excluding carboxylic acids is 2. The Labute approximate surface area is 111 Å². The Morgan fingerprint density at radius 1 is 1.58 bits per heavy atom. The van der Waals surface area contributed by atoms with Crippen molar-refractivity contribution in [2.24, 2.45) is 5.92 Å². The van der Waals surface area contributed by atoms with E-state index < -0.39 is 5.92 Å². The molecule has 19 heavy (non-hydrogen) atoms. The van der Waals surface area contributed by atoms with Gasteiger partial charge >= 0.3 is 0 Å². The fraction of sp³-hybridized carbons (Fsp3) is 0.357. The maximum atomic E-state index is 11.7. The highest BCUT2D eigenvalue weighted by Crippen LogP contribution is 2.23. The predicted molar refractivity (Wildman–Crippen MR) is 70.0 cm³/mol. The van der Waals surface area contributed by atoms with Gasteiger partial charge in [0.25, 0.3) is 0 Å². The monoisotopic (exact) mass is 257 g/mol. The van der Waals surface area contributed by atoms with Crippen LogP contribution in [0, 0.1) is 17.2 Å². The normalized spacial score (nSPS) is 14.2. The number of hydrogen-bond acceptors (Lipinski definition) is 3. The summed E-state index contributed by atoms with van der Waals surface area (Å²) >= 11 is 0. The van der Waals surface area contributed by atoms with Gasteiger partial charge in [-0.25, -0.2) is 0 Å². The first kappa shape index (κ1) is 13.1. The van der Waals surface area contributed by atoms with Gasteiger partial charge in [-0.15, -0.1) is 0 Å². The van der Waals surface area contributed by atoms with Gasteiger partial charge in [-0.3, -0.25) is 9.59 Å². The lowest BCUT2D eigenvalue weighted by atomic mass is 10.1. The van der Waals surface area contributed by atoms with E-state index in [0.29, 0.717) is 19.4 Å². The Hall–Kier alpha value is -2.35. The topological polar surface area (TPSA) is 82.0 Å². The predicted octanol–water partition coefficient (Wildman–Crippen LogP) is 1.35. The lowest BCUT2D eigenvalue weighted by Gasteiger charge is -2.09. The third-order valence-electron chi connectivity index (χ3n) is 3.14. The first-order chi connectivity index (χ1) is 9.13. The number of rotatable bonds is 4. The first-order valence-electron chi connectivity index (χ1n) is 6.23. The summed E-state index contributed by atoms with van der Waals surface area (Å²) in [6.45, 7) is 2.18. The highest BCUT2D eigenvalue weighted by Gasteiger charge is 2.18. The zero-order valence-electron chi connectivity index (χ0n) is 10.7. The van der Waals surface area contributed by atoms with Crippen LogP contribution in [-0.2, 0) is 22.6 Å². The lowest BCUT2D eigenvalue weighted by Crippen LogP contribution is -2.29. The number of nitriles is 1. The van der Waals surface area contributed by atoms with Gasteiger partial charge in [-0.2, -0.15) is 5.26 Å². The summed E-state index contributed by atoms with van der Waals surface area (Å²) in [7, 11) is 0. The van der Waals surface area contributed by atoms with E-state index in [-0.39, 0.29) is 11.8 Å². The Balaban J connectivity index is 1.98. The molecule has 1 aliphatic heterocycles. The molecule has 2 amide bonds. The van der Waals surface area contributed by atoms with Crippen molar-refractivity contribution < 1.29 is 9.59 Å². The molecule has 0 bridgehead atoms. The Bertz CT molecular complexity index is 560. The van der Waals surface area contributed by atoms with Gasteiger partial charge in [0, 0.05) is 12.2 Å². The van der Waals surface area contributed by atoms with Gasteiger partial charge in [0.1, 0.15) is 5.92 Å². The maximum absolute atomic E-state index is 11.7. The van der Waals surface area contributed by atoms with Crippen LogP contribution >= 0.6 is 0 Å². The molecular weight excluding hydrogens is 242 g/mol. The fourth-order valence-electron chi connectivity index (χ4n) is 2.04. The standard InChI is InChI=1S/C14H15N3O2/c1-2-10(7-15)14(19)16-8-9-3-4-12-11(5-9)6-13(18)17-12/h3-5,10H,2,6,8H2,1H3,(H,16,19)(H,17,18). The minimum atomic E-state index is -0.599. The summed E-state index contributed by atoms with van der Waals surface area (Å²) in [4.78, 5) is 22.9. The number of benzene rings is 1. The molecule has 0 saturated heterocycles. The van der Waals surface area contributed by atoms with Gasteiger partial charge in [-0.1, -0.05) is 19.1 Å². The molecule has 2 N–H and O–H groups in total. The Kier molecular flexibility index (Phi) is 3.81. The molecule has 5 heteroatoms. The minimum Gasteiger partial charge on any atom is -0.351 e. The molecule has 98 valence electrons. The molecule has 2 rings (SSSR count). The van der Waals surface area contributed by atoms with Gasteiger partial charge in [0.15, 0.2) is 0 Å². The number of nitrogens with one attached hydrogen (secondary N) is 2. The molecule has 1 aliphatic rings. The molecule has 1 aromatic rings. The van der Waals surface area contributed by atoms with Crippen LogP contribution in [0.5, 0.6) is 0 Å². The molecule has 0 radical (unpaired) electrons. The van der Waals surface area contributed by atoms with Gasteiger partial charge < -0.3 is 10.6 Å². The summed E-state index contributed by atoms with van der Waals surface area (Å²) in [6, 6.07) is 7.57. The van der Waals surface area contributed by atoms with Crippen molar-refractivity contribution in [2.75, 3.05) is 5.32 Å². The zero-order chi connectivity index (χ0) is 13.8. The summed E-state index contributed by atoms with van der Waals surface area (Å²) in [5.74, 6) is -0.857. The van der Waals surface area contributed by atoms with Crippen LogP contribution in [0.4, 0.5) is 5.69 Å². The molecule has 0 aromatic heterocycles.